The molecule has 1 heterocycles. The molecule has 154 valence electrons. The van der Waals surface area contributed by atoms with E-state index >= 15 is 0 Å². The van der Waals surface area contributed by atoms with Crippen LogP contribution in [0.1, 0.15) is 50.9 Å². The third-order valence-electron chi connectivity index (χ3n) is 4.67. The Morgan fingerprint density at radius 3 is 2.15 bits per heavy atom. The molecule has 1 aliphatic heterocycles. The monoisotopic (exact) mass is 400 g/mol. The molecule has 7 heteroatoms. The van der Waals surface area contributed by atoms with Gasteiger partial charge in [-0.1, -0.05) is 6.92 Å². The average molecular weight is 401 g/mol. The molecule has 1 aromatic rings. The molecule has 0 radical (unpaired) electrons. The van der Waals surface area contributed by atoms with Crippen molar-refractivity contribution in [3.63, 3.8) is 0 Å². The number of carbonyl (C=O) groups is 1. The normalized spacial score (nSPS) is 19.2. The maximum absolute atomic E-state index is 13.2. The molecule has 2 N–H and O–H groups in total. The van der Waals surface area contributed by atoms with Crippen molar-refractivity contribution in [1.82, 2.24) is 4.90 Å². The molecule has 0 spiro atoms. The lowest BCUT2D eigenvalue weighted by molar-refractivity contribution is 0.0572. The molecule has 0 aliphatic carbocycles. The first kappa shape index (κ1) is 23.4. The fourth-order valence-corrected chi connectivity index (χ4v) is 3.42. The number of benzene rings is 1. The molecule has 6 nitrogen and oxygen atoms in total. The van der Waals surface area contributed by atoms with Crippen LogP contribution in [0.4, 0.5) is 0 Å². The van der Waals surface area contributed by atoms with Gasteiger partial charge in [-0.3, -0.25) is 4.79 Å². The molecule has 2 rings (SSSR count). The van der Waals surface area contributed by atoms with E-state index in [1.807, 2.05) is 25.7 Å². The van der Waals surface area contributed by atoms with Crippen LogP contribution in [-0.2, 0) is 0 Å². The van der Waals surface area contributed by atoms with Crippen molar-refractivity contribution in [2.45, 2.75) is 46.6 Å². The molecule has 0 saturated carbocycles. The zero-order valence-corrected chi connectivity index (χ0v) is 17.6. The smallest absolute Gasteiger partial charge is 0.254 e. The number of hydrogen-bond acceptors (Lipinski definition) is 5. The first-order valence-electron chi connectivity index (χ1n) is 9.63. The first-order valence-corrected chi connectivity index (χ1v) is 9.63. The summed E-state index contributed by atoms with van der Waals surface area (Å²) in [5.41, 5.74) is 6.48. The van der Waals surface area contributed by atoms with Crippen LogP contribution < -0.4 is 19.9 Å². The number of ether oxygens (including phenoxy) is 3. The van der Waals surface area contributed by atoms with E-state index < -0.39 is 0 Å². The zero-order valence-electron chi connectivity index (χ0n) is 16.8. The van der Waals surface area contributed by atoms with Gasteiger partial charge in [0, 0.05) is 24.7 Å². The zero-order chi connectivity index (χ0) is 19.1. The Morgan fingerprint density at radius 2 is 1.67 bits per heavy atom. The Kier molecular flexibility index (Phi) is 9.74. The second-order valence-electron chi connectivity index (χ2n) is 6.62. The van der Waals surface area contributed by atoms with Gasteiger partial charge in [0.25, 0.3) is 5.91 Å². The van der Waals surface area contributed by atoms with E-state index in [0.717, 1.165) is 19.4 Å². The van der Waals surface area contributed by atoms with Gasteiger partial charge in [-0.05, 0) is 51.7 Å². The second kappa shape index (κ2) is 11.2. The van der Waals surface area contributed by atoms with E-state index in [1.165, 1.54) is 0 Å². The molecule has 2 unspecified atom stereocenters. The predicted molar refractivity (Wildman–Crippen MR) is 109 cm³/mol. The highest BCUT2D eigenvalue weighted by Gasteiger charge is 2.30. The highest BCUT2D eigenvalue weighted by atomic mass is 35.5. The van der Waals surface area contributed by atoms with E-state index in [9.17, 15) is 4.79 Å². The lowest BCUT2D eigenvalue weighted by Gasteiger charge is -2.38. The molecule has 1 aliphatic rings. The summed E-state index contributed by atoms with van der Waals surface area (Å²) in [6.07, 6.45) is 1.94. The van der Waals surface area contributed by atoms with Gasteiger partial charge < -0.3 is 24.8 Å². The largest absolute Gasteiger partial charge is 0.490 e. The van der Waals surface area contributed by atoms with E-state index in [4.69, 9.17) is 19.9 Å². The number of amides is 1. The number of nitrogens with two attached hydrogens (primary N) is 1. The minimum atomic E-state index is -0.0303. The van der Waals surface area contributed by atoms with Crippen LogP contribution in [0.5, 0.6) is 17.2 Å². The Labute approximate surface area is 168 Å². The van der Waals surface area contributed by atoms with Crippen molar-refractivity contribution in [2.24, 2.45) is 11.7 Å². The molecule has 0 bridgehead atoms. The number of rotatable bonds is 8. The van der Waals surface area contributed by atoms with Crippen LogP contribution in [0.25, 0.3) is 0 Å². The summed E-state index contributed by atoms with van der Waals surface area (Å²) >= 11 is 0. The van der Waals surface area contributed by atoms with Gasteiger partial charge in [0.05, 0.1) is 19.8 Å². The molecule has 27 heavy (non-hydrogen) atoms. The fourth-order valence-electron chi connectivity index (χ4n) is 3.42. The average Bonchev–Trinajstić information content (AvgIpc) is 2.63. The molecular formula is C20H33ClN2O4. The first-order chi connectivity index (χ1) is 12.5. The minimum absolute atomic E-state index is 0. The van der Waals surface area contributed by atoms with E-state index in [0.29, 0.717) is 55.1 Å². The van der Waals surface area contributed by atoms with Crippen LogP contribution in [0, 0.1) is 5.92 Å². The van der Waals surface area contributed by atoms with Gasteiger partial charge in [-0.2, -0.15) is 0 Å². The van der Waals surface area contributed by atoms with Crippen molar-refractivity contribution in [3.05, 3.63) is 17.7 Å². The van der Waals surface area contributed by atoms with Gasteiger partial charge in [-0.15, -0.1) is 12.4 Å². The third kappa shape index (κ3) is 5.66. The fraction of sp³-hybridized carbons (Fsp3) is 0.650. The Morgan fingerprint density at radius 1 is 1.11 bits per heavy atom. The number of hydrogen-bond donors (Lipinski definition) is 1. The number of nitrogens with zero attached hydrogens (tertiary/aromatic N) is 1. The summed E-state index contributed by atoms with van der Waals surface area (Å²) in [4.78, 5) is 15.1. The van der Waals surface area contributed by atoms with Crippen LogP contribution in [0.15, 0.2) is 12.1 Å². The number of halogens is 1. The Balaban J connectivity index is 0.00000364. The van der Waals surface area contributed by atoms with Crippen LogP contribution in [0.3, 0.4) is 0 Å². The summed E-state index contributed by atoms with van der Waals surface area (Å²) < 4.78 is 17.2. The highest BCUT2D eigenvalue weighted by molar-refractivity contribution is 5.96. The highest BCUT2D eigenvalue weighted by Crippen LogP contribution is 2.39. The van der Waals surface area contributed by atoms with Crippen molar-refractivity contribution >= 4 is 18.3 Å². The summed E-state index contributed by atoms with van der Waals surface area (Å²) in [6, 6.07) is 3.58. The Bertz CT molecular complexity index is 585. The lowest BCUT2D eigenvalue weighted by atomic mass is 9.92. The summed E-state index contributed by atoms with van der Waals surface area (Å²) in [6.45, 7) is 10.6. The standard InChI is InChI=1S/C20H32N2O4.ClH/c1-5-24-17-11-15(12-18(25-6-2)19(17)26-7-3)20(23)22-9-8-14(4)10-16(22)13-21;/h11-12,14,16H,5-10,13,21H2,1-4H3;1H. The van der Waals surface area contributed by atoms with Crippen molar-refractivity contribution in [1.29, 1.82) is 0 Å². The van der Waals surface area contributed by atoms with E-state index in [1.54, 1.807) is 12.1 Å². The van der Waals surface area contributed by atoms with Crippen LogP contribution in [-0.4, -0.2) is 49.8 Å². The SMILES string of the molecule is CCOc1cc(C(=O)N2CCC(C)CC2CN)cc(OCC)c1OCC.Cl. The van der Waals surface area contributed by atoms with Gasteiger partial charge >= 0.3 is 0 Å². The summed E-state index contributed by atoms with van der Waals surface area (Å²) in [5.74, 6) is 2.19. The maximum Gasteiger partial charge on any atom is 0.254 e. The quantitative estimate of drug-likeness (QED) is 0.722. The minimum Gasteiger partial charge on any atom is -0.490 e. The van der Waals surface area contributed by atoms with Gasteiger partial charge in [-0.25, -0.2) is 0 Å². The van der Waals surface area contributed by atoms with Crippen LogP contribution in [0.2, 0.25) is 0 Å². The third-order valence-corrected chi connectivity index (χ3v) is 4.67. The number of piperidine rings is 1. The molecule has 1 saturated heterocycles. The lowest BCUT2D eigenvalue weighted by Crippen LogP contribution is -2.49. The maximum atomic E-state index is 13.2. The second-order valence-corrected chi connectivity index (χ2v) is 6.62. The van der Waals surface area contributed by atoms with Crippen molar-refractivity contribution in [2.75, 3.05) is 32.9 Å². The van der Waals surface area contributed by atoms with Gasteiger partial charge in [0.2, 0.25) is 5.75 Å². The van der Waals surface area contributed by atoms with Crippen molar-refractivity contribution in [3.8, 4) is 17.2 Å². The molecule has 1 amide bonds. The molecule has 1 fully saturated rings. The van der Waals surface area contributed by atoms with E-state index in [2.05, 4.69) is 6.92 Å². The molecule has 0 aromatic heterocycles. The molecule has 2 atom stereocenters. The topological polar surface area (TPSA) is 74.0 Å². The van der Waals surface area contributed by atoms with Gasteiger partial charge in [0.1, 0.15) is 0 Å². The Hall–Kier alpha value is -1.66. The predicted octanol–water partition coefficient (Wildman–Crippen LogP) is 3.50. The van der Waals surface area contributed by atoms with Crippen LogP contribution >= 0.6 is 12.4 Å². The molecule has 1 aromatic carbocycles. The number of likely N-dealkylation sites (tertiary alicyclic amines) is 1. The van der Waals surface area contributed by atoms with E-state index in [-0.39, 0.29) is 24.4 Å². The van der Waals surface area contributed by atoms with Crippen molar-refractivity contribution < 1.29 is 19.0 Å². The summed E-state index contributed by atoms with van der Waals surface area (Å²) in [5, 5.41) is 0. The molecular weight excluding hydrogens is 368 g/mol. The number of carbonyl (C=O) groups excluding carboxylic acids is 1. The summed E-state index contributed by atoms with van der Waals surface area (Å²) in [7, 11) is 0. The van der Waals surface area contributed by atoms with Gasteiger partial charge in [0.15, 0.2) is 11.5 Å².